The molecule has 1 fully saturated rings. The number of imide groups is 1. The maximum absolute atomic E-state index is 11.5. The standard InChI is InChI=1S/C10H18N2O3/c1-11-6-8(13)7-12-9(14)4-2-3-5-10(12)15/h8,11,13H,2-7H2,1H3. The van der Waals surface area contributed by atoms with Gasteiger partial charge in [-0.2, -0.15) is 0 Å². The summed E-state index contributed by atoms with van der Waals surface area (Å²) in [6.07, 6.45) is 1.68. The number of amides is 2. The van der Waals surface area contributed by atoms with E-state index in [2.05, 4.69) is 5.32 Å². The van der Waals surface area contributed by atoms with Gasteiger partial charge in [0.1, 0.15) is 0 Å². The molecule has 0 aromatic carbocycles. The molecule has 1 aliphatic heterocycles. The zero-order chi connectivity index (χ0) is 11.3. The lowest BCUT2D eigenvalue weighted by atomic mass is 10.2. The molecule has 0 bridgehead atoms. The van der Waals surface area contributed by atoms with Crippen LogP contribution in [0, 0.1) is 0 Å². The predicted octanol–water partition coefficient (Wildman–Crippen LogP) is -0.504. The number of rotatable bonds is 4. The molecular formula is C10H18N2O3. The van der Waals surface area contributed by atoms with Crippen LogP contribution >= 0.6 is 0 Å². The number of likely N-dealkylation sites (N-methyl/N-ethyl adjacent to an activating group) is 1. The summed E-state index contributed by atoms with van der Waals surface area (Å²) in [6.45, 7) is 0.496. The molecular weight excluding hydrogens is 196 g/mol. The fourth-order valence-corrected chi connectivity index (χ4v) is 1.68. The van der Waals surface area contributed by atoms with Gasteiger partial charge in [-0.1, -0.05) is 0 Å². The quantitative estimate of drug-likeness (QED) is 0.619. The molecule has 0 aromatic rings. The third-order valence-corrected chi connectivity index (χ3v) is 2.47. The first-order valence-corrected chi connectivity index (χ1v) is 5.31. The second-order valence-electron chi connectivity index (χ2n) is 3.82. The number of aliphatic hydroxyl groups excluding tert-OH is 1. The van der Waals surface area contributed by atoms with E-state index in [0.29, 0.717) is 19.4 Å². The number of β-amino-alcohol motifs (C(OH)–C–C–N with tert-alkyl or cyclic N) is 1. The fourth-order valence-electron chi connectivity index (χ4n) is 1.68. The Balaban J connectivity index is 2.55. The highest BCUT2D eigenvalue weighted by molar-refractivity contribution is 5.96. The lowest BCUT2D eigenvalue weighted by Gasteiger charge is -2.21. The Hall–Kier alpha value is -0.940. The third kappa shape index (κ3) is 3.60. The van der Waals surface area contributed by atoms with Crippen molar-refractivity contribution in [3.63, 3.8) is 0 Å². The Bertz CT molecular complexity index is 225. The summed E-state index contributed by atoms with van der Waals surface area (Å²) < 4.78 is 0. The summed E-state index contributed by atoms with van der Waals surface area (Å²) in [4.78, 5) is 24.3. The highest BCUT2D eigenvalue weighted by atomic mass is 16.3. The third-order valence-electron chi connectivity index (χ3n) is 2.47. The first-order chi connectivity index (χ1) is 7.15. The number of hydrogen-bond donors (Lipinski definition) is 2. The van der Waals surface area contributed by atoms with Crippen molar-refractivity contribution in [3.8, 4) is 0 Å². The SMILES string of the molecule is CNCC(O)CN1C(=O)CCCCC1=O. The van der Waals surface area contributed by atoms with Gasteiger partial charge >= 0.3 is 0 Å². The van der Waals surface area contributed by atoms with Crippen LogP contribution in [-0.2, 0) is 9.59 Å². The van der Waals surface area contributed by atoms with E-state index < -0.39 is 6.10 Å². The minimum atomic E-state index is -0.680. The van der Waals surface area contributed by atoms with Crippen molar-refractivity contribution in [1.29, 1.82) is 0 Å². The van der Waals surface area contributed by atoms with Gasteiger partial charge in [-0.25, -0.2) is 0 Å². The minimum absolute atomic E-state index is 0.110. The molecule has 15 heavy (non-hydrogen) atoms. The Morgan fingerprint density at radius 1 is 1.33 bits per heavy atom. The average Bonchev–Trinajstić information content (AvgIpc) is 2.33. The van der Waals surface area contributed by atoms with E-state index in [1.807, 2.05) is 0 Å². The first kappa shape index (κ1) is 12.1. The van der Waals surface area contributed by atoms with Gasteiger partial charge in [0.15, 0.2) is 0 Å². The molecule has 0 aliphatic carbocycles. The fraction of sp³-hybridized carbons (Fsp3) is 0.800. The van der Waals surface area contributed by atoms with Gasteiger partial charge in [-0.15, -0.1) is 0 Å². The molecule has 1 atom stereocenters. The molecule has 1 aliphatic rings. The minimum Gasteiger partial charge on any atom is -0.390 e. The molecule has 5 nitrogen and oxygen atoms in total. The van der Waals surface area contributed by atoms with Crippen molar-refractivity contribution >= 4 is 11.8 Å². The second-order valence-corrected chi connectivity index (χ2v) is 3.82. The van der Waals surface area contributed by atoms with Gasteiger partial charge in [-0.3, -0.25) is 14.5 Å². The van der Waals surface area contributed by atoms with Crippen LogP contribution in [-0.4, -0.2) is 48.1 Å². The van der Waals surface area contributed by atoms with Crippen LogP contribution in [0.1, 0.15) is 25.7 Å². The van der Waals surface area contributed by atoms with Crippen molar-refractivity contribution in [2.24, 2.45) is 0 Å². The highest BCUT2D eigenvalue weighted by Crippen LogP contribution is 2.12. The summed E-state index contributed by atoms with van der Waals surface area (Å²) >= 11 is 0. The van der Waals surface area contributed by atoms with Gasteiger partial charge in [0, 0.05) is 19.4 Å². The molecule has 1 heterocycles. The smallest absolute Gasteiger partial charge is 0.229 e. The van der Waals surface area contributed by atoms with Crippen molar-refractivity contribution in [2.75, 3.05) is 20.1 Å². The second kappa shape index (κ2) is 5.82. The zero-order valence-corrected chi connectivity index (χ0v) is 9.03. The summed E-state index contributed by atoms with van der Waals surface area (Å²) in [6, 6.07) is 0. The van der Waals surface area contributed by atoms with Gasteiger partial charge < -0.3 is 10.4 Å². The number of nitrogens with zero attached hydrogens (tertiary/aromatic N) is 1. The summed E-state index contributed by atoms with van der Waals surface area (Å²) in [5.41, 5.74) is 0. The first-order valence-electron chi connectivity index (χ1n) is 5.31. The molecule has 2 amide bonds. The van der Waals surface area contributed by atoms with E-state index in [9.17, 15) is 14.7 Å². The van der Waals surface area contributed by atoms with Crippen molar-refractivity contribution in [3.05, 3.63) is 0 Å². The van der Waals surface area contributed by atoms with Crippen LogP contribution < -0.4 is 5.32 Å². The van der Waals surface area contributed by atoms with Crippen LogP contribution in [0.4, 0.5) is 0 Å². The van der Waals surface area contributed by atoms with E-state index in [1.165, 1.54) is 4.90 Å². The number of carbonyl (C=O) groups is 2. The summed E-state index contributed by atoms with van der Waals surface area (Å²) in [7, 11) is 1.72. The number of likely N-dealkylation sites (tertiary alicyclic amines) is 1. The number of aliphatic hydroxyl groups is 1. The van der Waals surface area contributed by atoms with Crippen LogP contribution in [0.5, 0.6) is 0 Å². The van der Waals surface area contributed by atoms with E-state index in [-0.39, 0.29) is 18.4 Å². The highest BCUT2D eigenvalue weighted by Gasteiger charge is 2.25. The zero-order valence-electron chi connectivity index (χ0n) is 9.03. The van der Waals surface area contributed by atoms with E-state index in [0.717, 1.165) is 12.8 Å². The molecule has 86 valence electrons. The maximum Gasteiger partial charge on any atom is 0.229 e. The Labute approximate surface area is 89.4 Å². The van der Waals surface area contributed by atoms with Crippen LogP contribution in [0.2, 0.25) is 0 Å². The molecule has 1 rings (SSSR count). The molecule has 0 spiro atoms. The van der Waals surface area contributed by atoms with Crippen LogP contribution in [0.15, 0.2) is 0 Å². The van der Waals surface area contributed by atoms with E-state index in [4.69, 9.17) is 0 Å². The van der Waals surface area contributed by atoms with Crippen LogP contribution in [0.25, 0.3) is 0 Å². The number of carbonyl (C=O) groups excluding carboxylic acids is 2. The Morgan fingerprint density at radius 3 is 2.33 bits per heavy atom. The van der Waals surface area contributed by atoms with Crippen molar-refractivity contribution in [1.82, 2.24) is 10.2 Å². The molecule has 0 aromatic heterocycles. The predicted molar refractivity (Wildman–Crippen MR) is 55.1 cm³/mol. The summed E-state index contributed by atoms with van der Waals surface area (Å²) in [5.74, 6) is -0.319. The number of nitrogens with one attached hydrogen (secondary N) is 1. The Morgan fingerprint density at radius 2 is 1.87 bits per heavy atom. The largest absolute Gasteiger partial charge is 0.390 e. The molecule has 0 radical (unpaired) electrons. The molecule has 1 saturated heterocycles. The van der Waals surface area contributed by atoms with Gasteiger partial charge in [0.2, 0.25) is 11.8 Å². The molecule has 1 unspecified atom stereocenters. The number of hydrogen-bond acceptors (Lipinski definition) is 4. The van der Waals surface area contributed by atoms with Gasteiger partial charge in [0.25, 0.3) is 0 Å². The lowest BCUT2D eigenvalue weighted by molar-refractivity contribution is -0.145. The maximum atomic E-state index is 11.5. The topological polar surface area (TPSA) is 69.6 Å². The van der Waals surface area contributed by atoms with E-state index in [1.54, 1.807) is 7.05 Å². The van der Waals surface area contributed by atoms with Gasteiger partial charge in [-0.05, 0) is 19.9 Å². The normalized spacial score (nSPS) is 20.3. The lowest BCUT2D eigenvalue weighted by Crippen LogP contribution is -2.43. The molecule has 5 heteroatoms. The monoisotopic (exact) mass is 214 g/mol. The van der Waals surface area contributed by atoms with Crippen LogP contribution in [0.3, 0.4) is 0 Å². The average molecular weight is 214 g/mol. The van der Waals surface area contributed by atoms with Gasteiger partial charge in [0.05, 0.1) is 12.6 Å². The van der Waals surface area contributed by atoms with Crippen molar-refractivity contribution < 1.29 is 14.7 Å². The molecule has 2 N–H and O–H groups in total. The van der Waals surface area contributed by atoms with Crippen molar-refractivity contribution in [2.45, 2.75) is 31.8 Å². The Kier molecular flexibility index (Phi) is 4.71. The van der Waals surface area contributed by atoms with E-state index >= 15 is 0 Å². The summed E-state index contributed by atoms with van der Waals surface area (Å²) in [5, 5.41) is 12.3. The molecule has 0 saturated carbocycles.